The van der Waals surface area contributed by atoms with Crippen molar-refractivity contribution >= 4 is 11.6 Å². The topological polar surface area (TPSA) is 54.8 Å². The molecule has 0 saturated carbocycles. The van der Waals surface area contributed by atoms with Crippen LogP contribution in [0.5, 0.6) is 11.5 Å². The maximum absolute atomic E-state index is 12.9. The van der Waals surface area contributed by atoms with Crippen molar-refractivity contribution in [1.29, 1.82) is 0 Å². The Morgan fingerprint density at radius 2 is 2.03 bits per heavy atom. The largest absolute Gasteiger partial charge is 0.493 e. The Balaban J connectivity index is 1.44. The summed E-state index contributed by atoms with van der Waals surface area (Å²) >= 11 is 6.12. The highest BCUT2D eigenvalue weighted by atomic mass is 35.5. The second-order valence-corrected chi connectivity index (χ2v) is 11.3. The van der Waals surface area contributed by atoms with E-state index in [1.807, 2.05) is 36.5 Å². The van der Waals surface area contributed by atoms with E-state index in [0.29, 0.717) is 11.4 Å². The fourth-order valence-corrected chi connectivity index (χ4v) is 7.60. The Morgan fingerprint density at radius 1 is 1.22 bits per heavy atom. The van der Waals surface area contributed by atoms with Crippen molar-refractivity contribution in [1.82, 2.24) is 9.88 Å². The van der Waals surface area contributed by atoms with Crippen LogP contribution < -0.4 is 9.47 Å². The van der Waals surface area contributed by atoms with Crippen molar-refractivity contribution in [3.05, 3.63) is 88.2 Å². The molecule has 3 aromatic rings. The first kappa shape index (κ1) is 22.3. The standard InChI is InChI=1S/C30H29ClN2O3/c1-17(2)16-33-11-10-29-25-19-6-9-23(35-3)27(25)36-28(29)26-20(14-30(29,34)24(33)13-19)12-21(15-32-26)18-4-7-22(31)8-5-18/h4-9,12,15,24,28,34H,1,10-11,13-14,16H2,2-3H3/t24?,28-,29?,30+/m0/s1. The molecule has 1 saturated heterocycles. The van der Waals surface area contributed by atoms with Gasteiger partial charge in [0, 0.05) is 47.9 Å². The van der Waals surface area contributed by atoms with E-state index in [0.717, 1.165) is 71.0 Å². The minimum atomic E-state index is -0.997. The first-order chi connectivity index (χ1) is 17.4. The molecule has 2 bridgehead atoms. The molecule has 2 aliphatic heterocycles. The zero-order valence-corrected chi connectivity index (χ0v) is 21.3. The summed E-state index contributed by atoms with van der Waals surface area (Å²) in [7, 11) is 1.68. The third-order valence-electron chi connectivity index (χ3n) is 8.89. The summed E-state index contributed by atoms with van der Waals surface area (Å²) < 4.78 is 12.5. The monoisotopic (exact) mass is 500 g/mol. The average Bonchev–Trinajstić information content (AvgIpc) is 3.21. The van der Waals surface area contributed by atoms with Crippen LogP contribution in [0.15, 0.2) is 60.8 Å². The van der Waals surface area contributed by atoms with E-state index < -0.39 is 11.0 Å². The van der Waals surface area contributed by atoms with Crippen LogP contribution >= 0.6 is 11.6 Å². The number of hydrogen-bond acceptors (Lipinski definition) is 5. The molecule has 1 aromatic heterocycles. The first-order valence-electron chi connectivity index (χ1n) is 12.6. The predicted molar refractivity (Wildman–Crippen MR) is 140 cm³/mol. The van der Waals surface area contributed by atoms with Crippen LogP contribution in [0.3, 0.4) is 0 Å². The van der Waals surface area contributed by atoms with Gasteiger partial charge in [0.1, 0.15) is 0 Å². The van der Waals surface area contributed by atoms with Crippen molar-refractivity contribution in [2.24, 2.45) is 0 Å². The van der Waals surface area contributed by atoms with E-state index >= 15 is 0 Å². The lowest BCUT2D eigenvalue weighted by atomic mass is 9.49. The fraction of sp³-hybridized carbons (Fsp3) is 0.367. The lowest BCUT2D eigenvalue weighted by molar-refractivity contribution is -0.171. The molecule has 2 unspecified atom stereocenters. The van der Waals surface area contributed by atoms with E-state index in [2.05, 4.69) is 30.5 Å². The number of halogens is 1. The summed E-state index contributed by atoms with van der Waals surface area (Å²) in [5.74, 6) is 1.50. The third kappa shape index (κ3) is 2.77. The molecule has 36 heavy (non-hydrogen) atoms. The van der Waals surface area contributed by atoms with Gasteiger partial charge in [0.2, 0.25) is 0 Å². The molecule has 1 spiro atoms. The van der Waals surface area contributed by atoms with Crippen molar-refractivity contribution < 1.29 is 14.6 Å². The Labute approximate surface area is 216 Å². The van der Waals surface area contributed by atoms with Gasteiger partial charge in [0.15, 0.2) is 17.6 Å². The highest BCUT2D eigenvalue weighted by Gasteiger charge is 2.72. The first-order valence-corrected chi connectivity index (χ1v) is 13.0. The van der Waals surface area contributed by atoms with Gasteiger partial charge in [-0.2, -0.15) is 0 Å². The van der Waals surface area contributed by atoms with Crippen molar-refractivity contribution in [2.75, 3.05) is 20.2 Å². The number of rotatable bonds is 4. The van der Waals surface area contributed by atoms with E-state index in [1.54, 1.807) is 7.11 Å². The van der Waals surface area contributed by atoms with E-state index in [9.17, 15) is 5.11 Å². The number of aliphatic hydroxyl groups is 1. The summed E-state index contributed by atoms with van der Waals surface area (Å²) in [6.07, 6.45) is 3.66. The number of methoxy groups -OCH3 is 1. The molecule has 2 aliphatic carbocycles. The Kier molecular flexibility index (Phi) is 4.70. The van der Waals surface area contributed by atoms with Gasteiger partial charge in [0.05, 0.1) is 23.8 Å². The van der Waals surface area contributed by atoms with Crippen LogP contribution in [0, 0.1) is 0 Å². The zero-order chi connectivity index (χ0) is 24.8. The molecule has 4 atom stereocenters. The van der Waals surface area contributed by atoms with Crippen molar-refractivity contribution in [3.63, 3.8) is 0 Å². The van der Waals surface area contributed by atoms with E-state index in [4.69, 9.17) is 26.1 Å². The summed E-state index contributed by atoms with van der Waals surface area (Å²) in [5, 5.41) is 13.6. The molecule has 1 fully saturated rings. The minimum Gasteiger partial charge on any atom is -0.493 e. The van der Waals surface area contributed by atoms with Crippen LogP contribution in [-0.2, 0) is 18.3 Å². The molecule has 184 valence electrons. The molecule has 1 N–H and O–H groups in total. The van der Waals surface area contributed by atoms with Crippen LogP contribution in [0.1, 0.15) is 41.8 Å². The fourth-order valence-electron chi connectivity index (χ4n) is 7.48. The Bertz CT molecular complexity index is 1420. The highest BCUT2D eigenvalue weighted by Crippen LogP contribution is 2.68. The summed E-state index contributed by atoms with van der Waals surface area (Å²) in [6.45, 7) is 7.90. The van der Waals surface area contributed by atoms with Crippen molar-refractivity contribution in [3.8, 4) is 22.6 Å². The number of likely N-dealkylation sites (tertiary alicyclic amines) is 1. The maximum Gasteiger partial charge on any atom is 0.166 e. The molecule has 4 aliphatic rings. The number of piperidine rings is 1. The van der Waals surface area contributed by atoms with Gasteiger partial charge >= 0.3 is 0 Å². The summed E-state index contributed by atoms with van der Waals surface area (Å²) in [4.78, 5) is 7.42. The van der Waals surface area contributed by atoms with Crippen molar-refractivity contribution in [2.45, 2.75) is 49.3 Å². The predicted octanol–water partition coefficient (Wildman–Crippen LogP) is 5.28. The second-order valence-electron chi connectivity index (χ2n) is 10.9. The van der Waals surface area contributed by atoms with E-state index in [-0.39, 0.29) is 12.1 Å². The number of aromatic nitrogens is 1. The molecular weight excluding hydrogens is 472 g/mol. The minimum absolute atomic E-state index is 0.0340. The second kappa shape index (κ2) is 7.58. The quantitative estimate of drug-likeness (QED) is 0.494. The lowest BCUT2D eigenvalue weighted by Crippen LogP contribution is -2.74. The highest BCUT2D eigenvalue weighted by molar-refractivity contribution is 6.30. The van der Waals surface area contributed by atoms with Crippen LogP contribution in [0.25, 0.3) is 11.1 Å². The number of benzene rings is 2. The maximum atomic E-state index is 12.9. The SMILES string of the molecule is C=C(C)CN1CCC23c4c5ccc(OC)c4O[C@H]2c2ncc(-c4ccc(Cl)cc4)cc2C[C@@]3(O)C1C5. The number of fused-ring (bicyclic) bond motifs is 2. The van der Waals surface area contributed by atoms with Gasteiger partial charge in [-0.25, -0.2) is 0 Å². The van der Waals surface area contributed by atoms with Gasteiger partial charge in [-0.15, -0.1) is 0 Å². The van der Waals surface area contributed by atoms with E-state index in [1.165, 1.54) is 5.56 Å². The van der Waals surface area contributed by atoms with Gasteiger partial charge in [-0.3, -0.25) is 9.88 Å². The van der Waals surface area contributed by atoms with Gasteiger partial charge in [-0.1, -0.05) is 42.0 Å². The van der Waals surface area contributed by atoms with Crippen LogP contribution in [-0.4, -0.2) is 46.8 Å². The number of hydrogen-bond donors (Lipinski definition) is 1. The number of ether oxygens (including phenoxy) is 2. The summed E-state index contributed by atoms with van der Waals surface area (Å²) in [6, 6.07) is 14.1. The zero-order valence-electron chi connectivity index (χ0n) is 20.6. The Morgan fingerprint density at radius 3 is 2.78 bits per heavy atom. The van der Waals surface area contributed by atoms with Gasteiger partial charge in [0.25, 0.3) is 0 Å². The molecule has 0 radical (unpaired) electrons. The number of nitrogens with zero attached hydrogens (tertiary/aromatic N) is 2. The average molecular weight is 501 g/mol. The van der Waals surface area contributed by atoms with Gasteiger partial charge < -0.3 is 14.6 Å². The molecule has 3 heterocycles. The third-order valence-corrected chi connectivity index (χ3v) is 9.14. The molecular formula is C30H29ClN2O3. The molecule has 7 rings (SSSR count). The smallest absolute Gasteiger partial charge is 0.166 e. The van der Waals surface area contributed by atoms with Gasteiger partial charge in [-0.05, 0) is 60.7 Å². The molecule has 5 nitrogen and oxygen atoms in total. The van der Waals surface area contributed by atoms with Crippen LogP contribution in [0.2, 0.25) is 5.02 Å². The summed E-state index contributed by atoms with van der Waals surface area (Å²) in [5.41, 5.74) is 5.97. The molecule has 0 amide bonds. The normalized spacial score (nSPS) is 29.2. The lowest BCUT2D eigenvalue weighted by Gasteiger charge is -2.62. The molecule has 6 heteroatoms. The van der Waals surface area contributed by atoms with Crippen LogP contribution in [0.4, 0.5) is 0 Å². The number of pyridine rings is 1. The molecule has 2 aromatic carbocycles. The Hall–Kier alpha value is -2.86.